The first-order chi connectivity index (χ1) is 21.7. The maximum atomic E-state index is 13.7. The Morgan fingerprint density at radius 3 is 2.62 bits per heavy atom. The summed E-state index contributed by atoms with van der Waals surface area (Å²) in [6.07, 6.45) is 1.20. The molecule has 0 saturated heterocycles. The fourth-order valence-corrected chi connectivity index (χ4v) is 5.33. The number of nitrogens with one attached hydrogen (secondary N) is 1. The Bertz CT molecular complexity index is 2220. The molecule has 0 atom stereocenters. The van der Waals surface area contributed by atoms with Crippen LogP contribution in [0.2, 0.25) is 0 Å². The lowest BCUT2D eigenvalue weighted by Gasteiger charge is -2.11. The van der Waals surface area contributed by atoms with Gasteiger partial charge in [0.05, 0.1) is 22.0 Å². The van der Waals surface area contributed by atoms with Gasteiger partial charge in [-0.3, -0.25) is 19.7 Å². The lowest BCUT2D eigenvalue weighted by molar-refractivity contribution is -0.385. The Labute approximate surface area is 269 Å². The van der Waals surface area contributed by atoms with E-state index < -0.39 is 34.5 Å². The minimum Gasteiger partial charge on any atom is -0.476 e. The van der Waals surface area contributed by atoms with Crippen LogP contribution in [0, 0.1) is 15.9 Å². The lowest BCUT2D eigenvalue weighted by Crippen LogP contribution is -2.21. The summed E-state index contributed by atoms with van der Waals surface area (Å²) in [6.45, 7) is -0.613. The second-order valence-electron chi connectivity index (χ2n) is 9.55. The number of rotatable bonds is 8. The highest BCUT2D eigenvalue weighted by atomic mass is 79.9. The summed E-state index contributed by atoms with van der Waals surface area (Å²) in [5, 5.41) is 19.9. The normalized spacial score (nSPS) is 11.4. The third-order valence-electron chi connectivity index (χ3n) is 6.50. The number of aromatic nitrogens is 2. The van der Waals surface area contributed by atoms with Gasteiger partial charge in [-0.15, -0.1) is 0 Å². The van der Waals surface area contributed by atoms with Gasteiger partial charge in [0.15, 0.2) is 12.4 Å². The van der Waals surface area contributed by atoms with Gasteiger partial charge < -0.3 is 14.5 Å². The maximum Gasteiger partial charge on any atom is 0.312 e. The Kier molecular flexibility index (Phi) is 8.24. The lowest BCUT2D eigenvalue weighted by atomic mass is 10.2. The summed E-state index contributed by atoms with van der Waals surface area (Å²) in [5.41, 5.74) is 0.408. The molecule has 1 N–H and O–H groups in total. The number of carbonyl (C=O) groups is 1. The number of benzene rings is 4. The van der Waals surface area contributed by atoms with Gasteiger partial charge in [-0.2, -0.15) is 9.78 Å². The van der Waals surface area contributed by atoms with E-state index in [4.69, 9.17) is 9.15 Å². The van der Waals surface area contributed by atoms with Crippen molar-refractivity contribution in [1.82, 2.24) is 9.66 Å². The number of nitro benzene ring substituents is 1. The number of hydrogen-bond acceptors (Lipinski definition) is 8. The van der Waals surface area contributed by atoms with Crippen LogP contribution < -0.4 is 15.6 Å². The summed E-state index contributed by atoms with van der Waals surface area (Å²) >= 11 is 6.70. The van der Waals surface area contributed by atoms with Gasteiger partial charge in [0, 0.05) is 31.6 Å². The van der Waals surface area contributed by atoms with Crippen molar-refractivity contribution in [3.8, 4) is 17.3 Å². The number of furan rings is 1. The van der Waals surface area contributed by atoms with Gasteiger partial charge in [0.25, 0.3) is 11.5 Å². The number of nitrogens with zero attached hydrogens (tertiary/aromatic N) is 4. The zero-order valence-electron chi connectivity index (χ0n) is 22.7. The van der Waals surface area contributed by atoms with Crippen molar-refractivity contribution in [1.29, 1.82) is 0 Å². The molecule has 0 spiro atoms. The number of halogens is 3. The van der Waals surface area contributed by atoms with Crippen molar-refractivity contribution < 1.29 is 23.3 Å². The Balaban J connectivity index is 1.42. The fraction of sp³-hybridized carbons (Fsp3) is 0.0323. The van der Waals surface area contributed by atoms with Crippen molar-refractivity contribution in [2.45, 2.75) is 0 Å². The van der Waals surface area contributed by atoms with Crippen LogP contribution in [0.1, 0.15) is 5.56 Å². The minimum absolute atomic E-state index is 0.0882. The van der Waals surface area contributed by atoms with Crippen LogP contribution in [0.15, 0.2) is 108 Å². The van der Waals surface area contributed by atoms with Gasteiger partial charge in [0.2, 0.25) is 11.6 Å². The number of carbonyl (C=O) groups excluding carboxylic acids is 1. The zero-order valence-corrected chi connectivity index (χ0v) is 25.9. The molecule has 0 aliphatic heterocycles. The molecule has 224 valence electrons. The van der Waals surface area contributed by atoms with Crippen LogP contribution in [0.5, 0.6) is 5.75 Å². The van der Waals surface area contributed by atoms with Gasteiger partial charge in [-0.05, 0) is 66.7 Å². The highest BCUT2D eigenvalue weighted by Gasteiger charge is 2.22. The Hall–Kier alpha value is -5.21. The van der Waals surface area contributed by atoms with Crippen LogP contribution in [-0.2, 0) is 4.79 Å². The first kappa shape index (κ1) is 29.8. The van der Waals surface area contributed by atoms with E-state index in [1.165, 1.54) is 42.6 Å². The molecule has 0 aliphatic carbocycles. The standard InChI is InChI=1S/C31H18Br2FN5O6/c32-19-5-10-26-17(11-19)13-27(45-26)30-37-24-4-2-1-3-23(24)31(41)38(30)35-15-18-12-20(33)14-25(39(42)43)29(18)44-16-28(40)36-22-8-6-21(34)7-9-22/h1-15H,16H2,(H,36,40). The molecule has 2 aromatic heterocycles. The first-order valence-corrected chi connectivity index (χ1v) is 14.7. The molecule has 6 rings (SSSR count). The largest absolute Gasteiger partial charge is 0.476 e. The second kappa shape index (κ2) is 12.4. The maximum absolute atomic E-state index is 13.7. The molecule has 4 aromatic carbocycles. The predicted octanol–water partition coefficient (Wildman–Crippen LogP) is 7.28. The number of nitro groups is 1. The Morgan fingerprint density at radius 1 is 1.07 bits per heavy atom. The number of hydrogen-bond donors (Lipinski definition) is 1. The van der Waals surface area contributed by atoms with E-state index >= 15 is 0 Å². The monoisotopic (exact) mass is 733 g/mol. The van der Waals surface area contributed by atoms with Crippen molar-refractivity contribution in [3.63, 3.8) is 0 Å². The molecule has 1 amide bonds. The first-order valence-electron chi connectivity index (χ1n) is 13.1. The summed E-state index contributed by atoms with van der Waals surface area (Å²) in [5.74, 6) is -1.03. The third kappa shape index (κ3) is 6.37. The molecule has 0 bridgehead atoms. The number of para-hydroxylation sites is 1. The second-order valence-corrected chi connectivity index (χ2v) is 11.4. The van der Waals surface area contributed by atoms with Crippen LogP contribution in [0.25, 0.3) is 33.5 Å². The summed E-state index contributed by atoms with van der Waals surface area (Å²) in [7, 11) is 0. The zero-order chi connectivity index (χ0) is 31.7. The summed E-state index contributed by atoms with van der Waals surface area (Å²) < 4.78 is 27.1. The highest BCUT2D eigenvalue weighted by molar-refractivity contribution is 9.10. The van der Waals surface area contributed by atoms with E-state index in [0.717, 1.165) is 14.5 Å². The van der Waals surface area contributed by atoms with Crippen LogP contribution >= 0.6 is 31.9 Å². The van der Waals surface area contributed by atoms with E-state index in [0.29, 0.717) is 21.3 Å². The van der Waals surface area contributed by atoms with Crippen LogP contribution in [0.3, 0.4) is 0 Å². The number of anilines is 1. The van der Waals surface area contributed by atoms with Crippen molar-refractivity contribution in [2.24, 2.45) is 5.10 Å². The molecule has 2 heterocycles. The average molecular weight is 735 g/mol. The van der Waals surface area contributed by atoms with Crippen LogP contribution in [-0.4, -0.2) is 33.3 Å². The number of amides is 1. The highest BCUT2D eigenvalue weighted by Crippen LogP contribution is 2.34. The van der Waals surface area contributed by atoms with Crippen molar-refractivity contribution in [2.75, 3.05) is 11.9 Å². The summed E-state index contributed by atoms with van der Waals surface area (Å²) in [6, 6.07) is 21.7. The van der Waals surface area contributed by atoms with Crippen LogP contribution in [0.4, 0.5) is 15.8 Å². The molecular weight excluding hydrogens is 717 g/mol. The molecule has 0 unspecified atom stereocenters. The summed E-state index contributed by atoms with van der Waals surface area (Å²) in [4.78, 5) is 42.2. The van der Waals surface area contributed by atoms with Gasteiger partial charge in [0.1, 0.15) is 11.4 Å². The molecule has 14 heteroatoms. The van der Waals surface area contributed by atoms with E-state index in [1.54, 1.807) is 36.4 Å². The SMILES string of the molecule is O=C(COc1c(C=Nn2c(-c3cc4cc(Br)ccc4o3)nc3ccccc3c2=O)cc(Br)cc1[N+](=O)[O-])Nc1ccc(F)cc1. The minimum atomic E-state index is -0.670. The molecule has 0 saturated carbocycles. The predicted molar refractivity (Wildman–Crippen MR) is 173 cm³/mol. The molecular formula is C31H18Br2FN5O6. The molecule has 0 fully saturated rings. The van der Waals surface area contributed by atoms with Gasteiger partial charge in [-0.1, -0.05) is 44.0 Å². The third-order valence-corrected chi connectivity index (χ3v) is 7.45. The van der Waals surface area contributed by atoms with E-state index in [2.05, 4.69) is 47.3 Å². The number of fused-ring (bicyclic) bond motifs is 2. The number of ether oxygens (including phenoxy) is 1. The Morgan fingerprint density at radius 2 is 1.84 bits per heavy atom. The smallest absolute Gasteiger partial charge is 0.312 e. The molecule has 0 aliphatic rings. The molecule has 11 nitrogen and oxygen atoms in total. The topological polar surface area (TPSA) is 142 Å². The molecule has 45 heavy (non-hydrogen) atoms. The average Bonchev–Trinajstić information content (AvgIpc) is 3.44. The van der Waals surface area contributed by atoms with Gasteiger partial charge in [-0.25, -0.2) is 9.37 Å². The van der Waals surface area contributed by atoms with Gasteiger partial charge >= 0.3 is 5.69 Å². The van der Waals surface area contributed by atoms with E-state index in [-0.39, 0.29) is 28.3 Å². The van der Waals surface area contributed by atoms with E-state index in [1.807, 2.05) is 12.1 Å². The van der Waals surface area contributed by atoms with E-state index in [9.17, 15) is 24.1 Å². The molecule has 6 aromatic rings. The fourth-order valence-electron chi connectivity index (χ4n) is 4.49. The van der Waals surface area contributed by atoms with Crippen molar-refractivity contribution >= 4 is 77.2 Å². The van der Waals surface area contributed by atoms with Crippen molar-refractivity contribution in [3.05, 3.63) is 126 Å². The quantitative estimate of drug-likeness (QED) is 0.0984. The molecule has 0 radical (unpaired) electrons.